The van der Waals surface area contributed by atoms with Gasteiger partial charge < -0.3 is 25.7 Å². The number of halogens is 4. The number of fused-ring (bicyclic) bond motifs is 8. The Morgan fingerprint density at radius 2 is 0.661 bits per heavy atom. The van der Waals surface area contributed by atoms with Crippen molar-refractivity contribution in [1.82, 2.24) is 61.6 Å². The van der Waals surface area contributed by atoms with Crippen LogP contribution in [0, 0.1) is 61.3 Å². The number of benzene rings is 8. The van der Waals surface area contributed by atoms with Gasteiger partial charge in [0.1, 0.15) is 15.5 Å². The second-order valence-electron chi connectivity index (χ2n) is 23.2. The lowest BCUT2D eigenvalue weighted by Crippen LogP contribution is -2.13. The normalized spacial score (nSPS) is 10.4. The maximum absolute atomic E-state index is 10.6. The number of hydrogen-bond acceptors (Lipinski definition) is 28. The molecular weight excluding hydrogens is 1690 g/mol. The Morgan fingerprint density at radius 1 is 0.298 bits per heavy atom. The maximum Gasteiger partial charge on any atom is 0.262 e. The molecule has 44 heteroatoms. The minimum Gasteiger partial charge on any atom is -0.598 e. The van der Waals surface area contributed by atoms with E-state index in [9.17, 15) is 20.8 Å². The van der Waals surface area contributed by atoms with Crippen molar-refractivity contribution in [2.45, 2.75) is 0 Å². The third-order valence-corrected chi connectivity index (χ3v) is 15.6. The number of nitrogens with zero attached hydrogens (tertiary/aromatic N) is 20. The Hall–Kier alpha value is -16.2. The average molecular weight is 1770 g/mol. The predicted molar refractivity (Wildman–Crippen MR) is 469 cm³/mol. The van der Waals surface area contributed by atoms with Crippen LogP contribution in [0.3, 0.4) is 0 Å². The molecule has 0 saturated carbocycles. The summed E-state index contributed by atoms with van der Waals surface area (Å²) in [7, 11) is 9.97. The summed E-state index contributed by atoms with van der Waals surface area (Å²) in [6.07, 6.45) is 10.1. The van der Waals surface area contributed by atoms with Gasteiger partial charge in [0, 0.05) is 98.5 Å². The molecule has 0 fully saturated rings. The summed E-state index contributed by atoms with van der Waals surface area (Å²) in [5.74, 6) is 1.45. The first-order chi connectivity index (χ1) is 59.6. The topological polar surface area (TPSA) is 514 Å². The number of hydrogen-bond donors (Lipinski definition) is 4. The molecule has 124 heavy (non-hydrogen) atoms. The van der Waals surface area contributed by atoms with Crippen LogP contribution in [0.15, 0.2) is 313 Å². The van der Waals surface area contributed by atoms with Crippen LogP contribution in [0.2, 0.25) is 20.5 Å². The highest BCUT2D eigenvalue weighted by molar-refractivity contribution is 6.35. The zero-order chi connectivity index (χ0) is 90.6. The number of nitro groups is 4. The molecule has 8 heterocycles. The summed E-state index contributed by atoms with van der Waals surface area (Å²) in [5.41, 5.74) is 10.5. The molecule has 0 saturated heterocycles. The van der Waals surface area contributed by atoms with Crippen molar-refractivity contribution in [1.29, 1.82) is 0 Å². The SMILES string of the molecule is CN[N+](=O)[O-].CN[N+](=O)[O-].CN[N+](=O)[O-].CN[N+](=O)[O-].C[N+]([O-])=NOc1cc2ccccc2cn1.C[N+]([O-])=NOc1ccc2ccccc2n1.C[N+]([O-])=NOc1ccnc2ccccc12.C[N+]([O-])=NOc1nccc2ccccc12.Clc1cc2ccccc2cn1.Clc1ccc2ccccc2n1.Clc1ccnc2ccccc12.Clc1nccc2ccccc12. The Morgan fingerprint density at radius 3 is 1.16 bits per heavy atom. The van der Waals surface area contributed by atoms with Crippen molar-refractivity contribution in [3.63, 3.8) is 0 Å². The van der Waals surface area contributed by atoms with E-state index in [2.05, 4.69) is 61.0 Å². The average Bonchev–Trinajstić information content (AvgIpc) is 0.835. The summed E-state index contributed by atoms with van der Waals surface area (Å²) < 4.78 is 0. The van der Waals surface area contributed by atoms with Crippen LogP contribution < -0.4 is 41.1 Å². The Labute approximate surface area is 724 Å². The third kappa shape index (κ3) is 37.6. The highest BCUT2D eigenvalue weighted by atomic mass is 35.5. The Balaban J connectivity index is 0.000000245. The summed E-state index contributed by atoms with van der Waals surface area (Å²) in [6, 6.07) is 80.2. The number of hydrazine groups is 4. The molecule has 0 radical (unpaired) electrons. The lowest BCUT2D eigenvalue weighted by molar-refractivity contribution is -0.538. The van der Waals surface area contributed by atoms with Gasteiger partial charge in [0.2, 0.25) is 21.1 Å². The van der Waals surface area contributed by atoms with E-state index < -0.39 is 20.1 Å². The van der Waals surface area contributed by atoms with E-state index >= 15 is 0 Å². The van der Waals surface area contributed by atoms with E-state index in [1.807, 2.05) is 224 Å². The van der Waals surface area contributed by atoms with Crippen molar-refractivity contribution in [2.24, 2.45) is 21.1 Å². The summed E-state index contributed by atoms with van der Waals surface area (Å²) in [6.45, 7) is 0. The van der Waals surface area contributed by atoms with E-state index in [0.29, 0.717) is 58.3 Å². The van der Waals surface area contributed by atoms with Crippen LogP contribution in [-0.2, 0) is 0 Å². The van der Waals surface area contributed by atoms with E-state index in [0.717, 1.165) is 91.7 Å². The standard InChI is InChI=1S/4C10H9N3O2.4C9H6ClN.4CH4N2O2/c1-13(14)12-15-10-6-8-4-2-3-5-9(8)7-11-10;1-13(14)12-15-10-6-7-11-9-5-3-2-4-8(9)10;1-13(14)12-15-10-9-5-3-2-4-8(9)6-7-11-10;1-13(14)12-15-10-7-6-8-4-2-3-5-9(8)11-10;10-9-5-7-3-1-2-4-8(7)6-11-9;10-8-5-6-11-9-4-2-1-3-7(8)9;10-9-8-4-2-1-3-7(8)5-6-11-9;10-9-6-5-7-3-1-2-4-8(7)11-9;4*1-2-3(4)5/h4*2-7H,1H3;4*1-6H;4*2H,1H3. The van der Waals surface area contributed by atoms with Gasteiger partial charge in [-0.3, -0.25) is 24.5 Å². The van der Waals surface area contributed by atoms with Gasteiger partial charge >= 0.3 is 0 Å². The van der Waals surface area contributed by atoms with Crippen molar-refractivity contribution < 1.29 is 58.9 Å². The van der Waals surface area contributed by atoms with Gasteiger partial charge in [-0.25, -0.2) is 70.4 Å². The van der Waals surface area contributed by atoms with Gasteiger partial charge in [-0.2, -0.15) is 0 Å². The molecule has 4 N–H and O–H groups in total. The molecule has 0 unspecified atom stereocenters. The Kier molecular flexibility index (Phi) is 43.4. The summed E-state index contributed by atoms with van der Waals surface area (Å²) in [4.78, 5) is 89.7. The van der Waals surface area contributed by atoms with E-state index in [1.165, 1.54) is 56.4 Å². The van der Waals surface area contributed by atoms with Crippen LogP contribution in [0.4, 0.5) is 0 Å². The first-order valence-electron chi connectivity index (χ1n) is 35.4. The van der Waals surface area contributed by atoms with Crippen LogP contribution in [-0.4, -0.2) is 136 Å². The first-order valence-corrected chi connectivity index (χ1v) is 36.9. The smallest absolute Gasteiger partial charge is 0.262 e. The zero-order valence-electron chi connectivity index (χ0n) is 66.7. The number of pyridine rings is 8. The quantitative estimate of drug-likeness (QED) is 0.0290. The van der Waals surface area contributed by atoms with Crippen LogP contribution in [0.1, 0.15) is 0 Å². The second-order valence-corrected chi connectivity index (χ2v) is 24.7. The molecule has 16 aromatic rings. The molecule has 16 rings (SSSR count). The van der Waals surface area contributed by atoms with E-state index in [4.69, 9.17) is 106 Å². The van der Waals surface area contributed by atoms with E-state index in [-0.39, 0.29) is 0 Å². The fraction of sp³-hybridized carbons (Fsp3) is 0.100. The van der Waals surface area contributed by atoms with Gasteiger partial charge in [-0.05, 0) is 100 Å². The van der Waals surface area contributed by atoms with Gasteiger partial charge in [0.05, 0.1) is 55.3 Å². The number of aromatic nitrogens is 8. The lowest BCUT2D eigenvalue weighted by Gasteiger charge is -2.00. The van der Waals surface area contributed by atoms with Gasteiger partial charge in [-0.15, -0.1) is 21.7 Å². The van der Waals surface area contributed by atoms with Crippen molar-refractivity contribution in [3.05, 3.63) is 374 Å². The first kappa shape index (κ1) is 98.4. The largest absolute Gasteiger partial charge is 0.598 e. The number of rotatable bonds is 12. The molecule has 8 aromatic heterocycles. The fourth-order valence-corrected chi connectivity index (χ4v) is 9.93. The minimum absolute atomic E-state index is 0.302. The fourth-order valence-electron chi connectivity index (χ4n) is 9.16. The molecule has 8 aromatic carbocycles. The number of hydroxylamine groups is 4. The molecule has 640 valence electrons. The molecule has 40 nitrogen and oxygen atoms in total. The van der Waals surface area contributed by atoms with Gasteiger partial charge in [0.15, 0.2) is 54.1 Å². The van der Waals surface area contributed by atoms with Crippen LogP contribution in [0.25, 0.3) is 86.7 Å². The van der Waals surface area contributed by atoms with Crippen LogP contribution in [0.5, 0.6) is 23.4 Å². The van der Waals surface area contributed by atoms with Gasteiger partial charge in [0.25, 0.3) is 17.6 Å². The van der Waals surface area contributed by atoms with Crippen molar-refractivity contribution in [3.8, 4) is 23.4 Å². The van der Waals surface area contributed by atoms with E-state index in [1.54, 1.807) is 89.2 Å². The molecule has 0 atom stereocenters. The molecule has 0 aliphatic heterocycles. The molecule has 0 aliphatic carbocycles. The minimum atomic E-state index is -0.625. The van der Waals surface area contributed by atoms with Crippen molar-refractivity contribution in [2.75, 3.05) is 56.4 Å². The number of nitrogens with one attached hydrogen (secondary N) is 4. The zero-order valence-corrected chi connectivity index (χ0v) is 69.7. The van der Waals surface area contributed by atoms with Gasteiger partial charge in [-0.1, -0.05) is 224 Å². The molecule has 0 aliphatic rings. The molecule has 0 amide bonds. The molecule has 0 spiro atoms. The monoisotopic (exact) mass is 1770 g/mol. The molecule has 0 bridgehead atoms. The summed E-state index contributed by atoms with van der Waals surface area (Å²) >= 11 is 23.2. The number of para-hydroxylation sites is 4. The van der Waals surface area contributed by atoms with Crippen LogP contribution >= 0.6 is 46.4 Å². The summed E-state index contributed by atoms with van der Waals surface area (Å²) in [5, 5.41) is 103. The predicted octanol–water partition coefficient (Wildman–Crippen LogP) is 17.6. The lowest BCUT2D eigenvalue weighted by atomic mass is 10.2. The second kappa shape index (κ2) is 54.7. The third-order valence-electron chi connectivity index (χ3n) is 14.5. The Bertz CT molecular complexity index is 5780. The maximum atomic E-state index is 10.6. The highest BCUT2D eigenvalue weighted by Crippen LogP contribution is 2.27. The molecular formula is C80H76Cl4N24O16. The highest BCUT2D eigenvalue weighted by Gasteiger charge is 2.07. The van der Waals surface area contributed by atoms with Crippen molar-refractivity contribution >= 4 is 133 Å².